The van der Waals surface area contributed by atoms with Crippen LogP contribution in [0.1, 0.15) is 30.6 Å². The lowest BCUT2D eigenvalue weighted by molar-refractivity contribution is 0.0936. The van der Waals surface area contributed by atoms with E-state index in [4.69, 9.17) is 11.6 Å². The maximum absolute atomic E-state index is 13.1. The Bertz CT molecular complexity index is 425. The zero-order valence-corrected chi connectivity index (χ0v) is 12.7. The number of nitrogens with one attached hydrogen (secondary N) is 1. The van der Waals surface area contributed by atoms with Gasteiger partial charge < -0.3 is 5.32 Å². The second kappa shape index (κ2) is 7.10. The highest BCUT2D eigenvalue weighted by Crippen LogP contribution is 2.17. The number of hydrogen-bond acceptors (Lipinski definition) is 1. The summed E-state index contributed by atoms with van der Waals surface area (Å²) in [6.45, 7) is 4.14. The Hall–Kier alpha value is -0.610. The van der Waals surface area contributed by atoms with E-state index in [1.165, 1.54) is 18.2 Å². The lowest BCUT2D eigenvalue weighted by atomic mass is 10.0. The van der Waals surface area contributed by atoms with Gasteiger partial charge in [-0.15, -0.1) is 11.6 Å². The summed E-state index contributed by atoms with van der Waals surface area (Å²) in [5.41, 5.74) is 0.419. The van der Waals surface area contributed by atoms with Gasteiger partial charge in [0.2, 0.25) is 0 Å². The van der Waals surface area contributed by atoms with Gasteiger partial charge in [0.05, 0.1) is 4.47 Å². The van der Waals surface area contributed by atoms with E-state index in [0.717, 1.165) is 6.42 Å². The minimum atomic E-state index is -0.386. The molecule has 1 aromatic rings. The number of benzene rings is 1. The molecule has 0 aliphatic heterocycles. The molecule has 0 heterocycles. The number of alkyl halides is 1. The van der Waals surface area contributed by atoms with Crippen molar-refractivity contribution in [2.45, 2.75) is 26.3 Å². The van der Waals surface area contributed by atoms with Gasteiger partial charge in [0.1, 0.15) is 5.82 Å². The molecule has 0 fully saturated rings. The lowest BCUT2D eigenvalue weighted by Gasteiger charge is -2.18. The predicted molar refractivity (Wildman–Crippen MR) is 75.5 cm³/mol. The van der Waals surface area contributed by atoms with Crippen LogP contribution in [-0.4, -0.2) is 17.8 Å². The predicted octanol–water partition coefficient (Wildman–Crippen LogP) is 3.97. The molecule has 0 aromatic heterocycles. The molecule has 0 aliphatic carbocycles. The Morgan fingerprint density at radius 1 is 1.50 bits per heavy atom. The molecular formula is C13H16BrClFNO. The molecule has 1 aromatic carbocycles. The largest absolute Gasteiger partial charge is 0.348 e. The smallest absolute Gasteiger partial charge is 0.251 e. The third kappa shape index (κ3) is 4.58. The van der Waals surface area contributed by atoms with Crippen molar-refractivity contribution in [2.75, 3.05) is 5.88 Å². The summed E-state index contributed by atoms with van der Waals surface area (Å²) >= 11 is 8.87. The molecule has 0 saturated carbocycles. The maximum atomic E-state index is 13.1. The lowest BCUT2D eigenvalue weighted by Crippen LogP contribution is -2.37. The summed E-state index contributed by atoms with van der Waals surface area (Å²) in [6.07, 6.45) is 0.817. The molecule has 1 N–H and O–H groups in total. The summed E-state index contributed by atoms with van der Waals surface area (Å²) in [7, 11) is 0. The molecule has 5 heteroatoms. The molecule has 1 unspecified atom stereocenters. The normalized spacial score (nSPS) is 12.6. The molecular weight excluding hydrogens is 321 g/mol. The third-order valence-electron chi connectivity index (χ3n) is 2.46. The molecule has 0 aliphatic rings. The quantitative estimate of drug-likeness (QED) is 0.810. The molecule has 0 saturated heterocycles. The first-order valence-electron chi connectivity index (χ1n) is 5.76. The second-order valence-corrected chi connectivity index (χ2v) is 5.75. The van der Waals surface area contributed by atoms with Crippen LogP contribution < -0.4 is 5.32 Å². The van der Waals surface area contributed by atoms with Crippen molar-refractivity contribution in [3.8, 4) is 0 Å². The highest BCUT2D eigenvalue weighted by atomic mass is 79.9. The fourth-order valence-corrected chi connectivity index (χ4v) is 2.22. The first-order chi connectivity index (χ1) is 8.43. The number of amides is 1. The van der Waals surface area contributed by atoms with Crippen molar-refractivity contribution in [3.63, 3.8) is 0 Å². The molecule has 1 rings (SSSR count). The summed E-state index contributed by atoms with van der Waals surface area (Å²) in [4.78, 5) is 11.9. The van der Waals surface area contributed by atoms with Gasteiger partial charge in [-0.05, 0) is 46.5 Å². The molecule has 0 spiro atoms. The van der Waals surface area contributed by atoms with Crippen LogP contribution in [0.2, 0.25) is 0 Å². The average molecular weight is 337 g/mol. The van der Waals surface area contributed by atoms with Gasteiger partial charge in [-0.3, -0.25) is 4.79 Å². The average Bonchev–Trinajstić information content (AvgIpc) is 2.31. The summed E-state index contributed by atoms with van der Waals surface area (Å²) < 4.78 is 13.3. The first-order valence-corrected chi connectivity index (χ1v) is 7.08. The van der Waals surface area contributed by atoms with E-state index in [-0.39, 0.29) is 22.2 Å². The maximum Gasteiger partial charge on any atom is 0.251 e. The second-order valence-electron chi connectivity index (χ2n) is 4.58. The Labute approximate surface area is 120 Å². The van der Waals surface area contributed by atoms with E-state index in [0.29, 0.717) is 17.4 Å². The number of halogens is 3. The van der Waals surface area contributed by atoms with E-state index < -0.39 is 0 Å². The van der Waals surface area contributed by atoms with Gasteiger partial charge in [0.15, 0.2) is 0 Å². The van der Waals surface area contributed by atoms with Crippen molar-refractivity contribution in [2.24, 2.45) is 5.92 Å². The van der Waals surface area contributed by atoms with Crippen molar-refractivity contribution >= 4 is 33.4 Å². The summed E-state index contributed by atoms with van der Waals surface area (Å²) in [5.74, 6) is 0.199. The van der Waals surface area contributed by atoms with Gasteiger partial charge in [-0.1, -0.05) is 13.8 Å². The molecule has 1 atom stereocenters. The fourth-order valence-electron chi connectivity index (χ4n) is 1.64. The molecule has 100 valence electrons. The highest BCUT2D eigenvalue weighted by molar-refractivity contribution is 9.10. The molecule has 2 nitrogen and oxygen atoms in total. The Kier molecular flexibility index (Phi) is 6.09. The minimum absolute atomic E-state index is 0.0667. The van der Waals surface area contributed by atoms with Crippen molar-refractivity contribution in [3.05, 3.63) is 34.1 Å². The van der Waals surface area contributed by atoms with Crippen molar-refractivity contribution < 1.29 is 9.18 Å². The fraction of sp³-hybridized carbons (Fsp3) is 0.462. The number of rotatable bonds is 5. The van der Waals surface area contributed by atoms with Gasteiger partial charge in [0.25, 0.3) is 5.91 Å². The van der Waals surface area contributed by atoms with Crippen LogP contribution in [0, 0.1) is 11.7 Å². The van der Waals surface area contributed by atoms with Crippen LogP contribution >= 0.6 is 27.5 Å². The number of carbonyl (C=O) groups is 1. The van der Waals surface area contributed by atoms with Crippen LogP contribution in [0.3, 0.4) is 0 Å². The topological polar surface area (TPSA) is 29.1 Å². The monoisotopic (exact) mass is 335 g/mol. The first kappa shape index (κ1) is 15.4. The Morgan fingerprint density at radius 3 is 2.67 bits per heavy atom. The van der Waals surface area contributed by atoms with Crippen LogP contribution in [-0.2, 0) is 0 Å². The zero-order valence-electron chi connectivity index (χ0n) is 10.3. The van der Waals surface area contributed by atoms with Crippen LogP contribution in [0.4, 0.5) is 4.39 Å². The standard InChI is InChI=1S/C13H16BrClFNO/c1-8(2)5-10(7-15)17-13(18)9-3-4-12(16)11(14)6-9/h3-4,6,8,10H,5,7H2,1-2H3,(H,17,18). The van der Waals surface area contributed by atoms with E-state index in [1.54, 1.807) is 0 Å². The molecule has 1 amide bonds. The molecule has 0 bridgehead atoms. The third-order valence-corrected chi connectivity index (χ3v) is 3.44. The minimum Gasteiger partial charge on any atom is -0.348 e. The van der Waals surface area contributed by atoms with E-state index >= 15 is 0 Å². The van der Waals surface area contributed by atoms with Gasteiger partial charge in [-0.2, -0.15) is 0 Å². The van der Waals surface area contributed by atoms with E-state index in [2.05, 4.69) is 35.1 Å². The van der Waals surface area contributed by atoms with Gasteiger partial charge >= 0.3 is 0 Å². The van der Waals surface area contributed by atoms with Crippen LogP contribution in [0.15, 0.2) is 22.7 Å². The number of carbonyl (C=O) groups excluding carboxylic acids is 1. The van der Waals surface area contributed by atoms with Gasteiger partial charge in [-0.25, -0.2) is 4.39 Å². The SMILES string of the molecule is CC(C)CC(CCl)NC(=O)c1ccc(F)c(Br)c1. The summed E-state index contributed by atoms with van der Waals surface area (Å²) in [5, 5.41) is 2.85. The van der Waals surface area contributed by atoms with E-state index in [9.17, 15) is 9.18 Å². The van der Waals surface area contributed by atoms with Crippen LogP contribution in [0.5, 0.6) is 0 Å². The van der Waals surface area contributed by atoms with Crippen LogP contribution in [0.25, 0.3) is 0 Å². The van der Waals surface area contributed by atoms with Crippen molar-refractivity contribution in [1.82, 2.24) is 5.32 Å². The molecule has 0 radical (unpaired) electrons. The Balaban J connectivity index is 2.71. The Morgan fingerprint density at radius 2 is 2.17 bits per heavy atom. The van der Waals surface area contributed by atoms with E-state index in [1.807, 2.05) is 0 Å². The molecule has 18 heavy (non-hydrogen) atoms. The summed E-state index contributed by atoms with van der Waals surface area (Å²) in [6, 6.07) is 4.11. The number of hydrogen-bond donors (Lipinski definition) is 1. The highest BCUT2D eigenvalue weighted by Gasteiger charge is 2.15. The zero-order chi connectivity index (χ0) is 13.7. The van der Waals surface area contributed by atoms with Gasteiger partial charge in [0, 0.05) is 17.5 Å². The van der Waals surface area contributed by atoms with Crippen molar-refractivity contribution in [1.29, 1.82) is 0 Å².